The molecule has 1 N–H and O–H groups in total. The van der Waals surface area contributed by atoms with Gasteiger partial charge in [0.05, 0.1) is 32.0 Å². The molecule has 2 aromatic carbocycles. The number of anilines is 1. The van der Waals surface area contributed by atoms with Crippen molar-refractivity contribution in [2.24, 2.45) is 5.92 Å². The van der Waals surface area contributed by atoms with Crippen molar-refractivity contribution in [3.8, 4) is 16.9 Å². The van der Waals surface area contributed by atoms with E-state index in [-0.39, 0.29) is 30.5 Å². The minimum Gasteiger partial charge on any atom is -0.497 e. The van der Waals surface area contributed by atoms with Gasteiger partial charge in [-0.2, -0.15) is 0 Å². The number of aromatic nitrogens is 2. The summed E-state index contributed by atoms with van der Waals surface area (Å²) < 4.78 is 5.29. The molecule has 7 heteroatoms. The highest BCUT2D eigenvalue weighted by Crippen LogP contribution is 2.49. The summed E-state index contributed by atoms with van der Waals surface area (Å²) in [6.45, 7) is 0.672. The molecule has 5 rings (SSSR count). The third-order valence-electron chi connectivity index (χ3n) is 6.82. The third kappa shape index (κ3) is 3.29. The van der Waals surface area contributed by atoms with Crippen LogP contribution in [0.25, 0.3) is 11.1 Å². The van der Waals surface area contributed by atoms with E-state index >= 15 is 0 Å². The first-order chi connectivity index (χ1) is 15.6. The first-order valence-electron chi connectivity index (χ1n) is 10.8. The average Bonchev–Trinajstić information content (AvgIpc) is 3.29. The van der Waals surface area contributed by atoms with Gasteiger partial charge in [-0.25, -0.2) is 4.98 Å². The lowest BCUT2D eigenvalue weighted by molar-refractivity contribution is 0.0687. The number of hydrogen-bond donors (Lipinski definition) is 1. The maximum Gasteiger partial charge on any atom is 0.274 e. The number of amides is 1. The lowest BCUT2D eigenvalue weighted by Gasteiger charge is -2.44. The van der Waals surface area contributed by atoms with E-state index in [1.165, 1.54) is 6.20 Å². The van der Waals surface area contributed by atoms with Crippen LogP contribution in [-0.4, -0.2) is 59.2 Å². The van der Waals surface area contributed by atoms with Gasteiger partial charge in [-0.05, 0) is 47.4 Å². The van der Waals surface area contributed by atoms with Crippen molar-refractivity contribution in [1.29, 1.82) is 0 Å². The summed E-state index contributed by atoms with van der Waals surface area (Å²) in [7, 11) is 3.68. The van der Waals surface area contributed by atoms with Gasteiger partial charge in [0.2, 0.25) is 0 Å². The summed E-state index contributed by atoms with van der Waals surface area (Å²) in [6.07, 6.45) is 5.46. The molecule has 164 valence electrons. The molecule has 0 spiro atoms. The van der Waals surface area contributed by atoms with Crippen molar-refractivity contribution in [3.63, 3.8) is 0 Å². The number of methoxy groups -OCH3 is 1. The molecule has 0 unspecified atom stereocenters. The van der Waals surface area contributed by atoms with Crippen LogP contribution in [0.15, 0.2) is 61.1 Å². The van der Waals surface area contributed by atoms with Gasteiger partial charge in [0, 0.05) is 37.6 Å². The zero-order valence-corrected chi connectivity index (χ0v) is 18.2. The zero-order chi connectivity index (χ0) is 22.2. The van der Waals surface area contributed by atoms with Crippen LogP contribution in [0.4, 0.5) is 5.69 Å². The van der Waals surface area contributed by atoms with E-state index in [1.54, 1.807) is 19.5 Å². The molecule has 3 heterocycles. The number of nitrogens with zero attached hydrogens (tertiary/aromatic N) is 4. The van der Waals surface area contributed by atoms with Crippen LogP contribution in [0, 0.1) is 5.92 Å². The van der Waals surface area contributed by atoms with Gasteiger partial charge in [-0.15, -0.1) is 0 Å². The van der Waals surface area contributed by atoms with E-state index in [4.69, 9.17) is 4.74 Å². The molecule has 3 aromatic rings. The predicted octanol–water partition coefficient (Wildman–Crippen LogP) is 3.17. The van der Waals surface area contributed by atoms with E-state index in [2.05, 4.69) is 33.1 Å². The summed E-state index contributed by atoms with van der Waals surface area (Å²) in [5.74, 6) is 0.839. The number of aliphatic hydroxyl groups excluding tert-OH is 1. The molecule has 2 aliphatic rings. The molecular weight excluding hydrogens is 404 g/mol. The fourth-order valence-electron chi connectivity index (χ4n) is 5.20. The van der Waals surface area contributed by atoms with E-state index in [1.807, 2.05) is 36.2 Å². The van der Waals surface area contributed by atoms with Crippen molar-refractivity contribution in [2.75, 3.05) is 32.2 Å². The van der Waals surface area contributed by atoms with Gasteiger partial charge in [0.1, 0.15) is 11.4 Å². The number of hydrogen-bond acceptors (Lipinski definition) is 6. The van der Waals surface area contributed by atoms with Crippen LogP contribution < -0.4 is 9.64 Å². The van der Waals surface area contributed by atoms with Gasteiger partial charge in [-0.3, -0.25) is 9.78 Å². The number of likely N-dealkylation sites (N-methyl/N-ethyl adjacent to an activating group) is 1. The van der Waals surface area contributed by atoms with Crippen LogP contribution in [0.5, 0.6) is 5.75 Å². The maximum atomic E-state index is 13.3. The highest BCUT2D eigenvalue weighted by atomic mass is 16.5. The molecule has 0 bridgehead atoms. The molecule has 1 saturated heterocycles. The highest BCUT2D eigenvalue weighted by molar-refractivity contribution is 5.93. The standard InChI is InChI=1S/C25H26N4O3/c1-28-22-8-5-17(16-3-6-18(32-2)7-4-16)13-20(22)24-19(23(28)15-30)9-12-29(24)25(31)21-14-26-10-11-27-21/h3-8,10-11,13-14,19,23-24,30H,9,12,15H2,1-2H3/t19-,23+,24-/m1/s1. The first-order valence-corrected chi connectivity index (χ1v) is 10.8. The Kier molecular flexibility index (Phi) is 5.27. The Labute approximate surface area is 187 Å². The molecule has 1 aromatic heterocycles. The smallest absolute Gasteiger partial charge is 0.274 e. The lowest BCUT2D eigenvalue weighted by atomic mass is 9.81. The first kappa shape index (κ1) is 20.5. The lowest BCUT2D eigenvalue weighted by Crippen LogP contribution is -2.48. The van der Waals surface area contributed by atoms with Gasteiger partial charge < -0.3 is 19.6 Å². The number of benzene rings is 2. The molecule has 1 fully saturated rings. The molecular formula is C25H26N4O3. The minimum atomic E-state index is -0.119. The van der Waals surface area contributed by atoms with Crippen molar-refractivity contribution >= 4 is 11.6 Å². The van der Waals surface area contributed by atoms with Crippen molar-refractivity contribution in [2.45, 2.75) is 18.5 Å². The van der Waals surface area contributed by atoms with E-state index in [0.717, 1.165) is 34.5 Å². The minimum absolute atomic E-state index is 0.0426. The zero-order valence-electron chi connectivity index (χ0n) is 18.2. The van der Waals surface area contributed by atoms with Gasteiger partial charge >= 0.3 is 0 Å². The van der Waals surface area contributed by atoms with E-state index < -0.39 is 0 Å². The van der Waals surface area contributed by atoms with Gasteiger partial charge in [0.25, 0.3) is 5.91 Å². The van der Waals surface area contributed by atoms with E-state index in [9.17, 15) is 9.90 Å². The number of fused-ring (bicyclic) bond motifs is 3. The molecule has 0 saturated carbocycles. The molecule has 2 aliphatic heterocycles. The number of carbonyl (C=O) groups is 1. The fourth-order valence-corrected chi connectivity index (χ4v) is 5.20. The molecule has 1 amide bonds. The Morgan fingerprint density at radius 2 is 1.94 bits per heavy atom. The number of likely N-dealkylation sites (tertiary alicyclic amines) is 1. The normalized spacial score (nSPS) is 21.8. The topological polar surface area (TPSA) is 78.8 Å². The van der Waals surface area contributed by atoms with E-state index in [0.29, 0.717) is 12.2 Å². The Morgan fingerprint density at radius 3 is 2.62 bits per heavy atom. The SMILES string of the molecule is COc1ccc(-c2ccc3c(c2)[C@H]2[C@H](CCN2C(=O)c2cnccn2)[C@H](CO)N3C)cc1. The van der Waals surface area contributed by atoms with Gasteiger partial charge in [0.15, 0.2) is 0 Å². The summed E-state index contributed by atoms with van der Waals surface area (Å²) in [5, 5.41) is 10.2. The molecule has 7 nitrogen and oxygen atoms in total. The summed E-state index contributed by atoms with van der Waals surface area (Å²) in [4.78, 5) is 25.7. The third-order valence-corrected chi connectivity index (χ3v) is 6.82. The monoisotopic (exact) mass is 430 g/mol. The summed E-state index contributed by atoms with van der Waals surface area (Å²) in [5.41, 5.74) is 4.66. The Morgan fingerprint density at radius 1 is 1.16 bits per heavy atom. The highest BCUT2D eigenvalue weighted by Gasteiger charge is 2.48. The van der Waals surface area contributed by atoms with Gasteiger partial charge in [-0.1, -0.05) is 18.2 Å². The molecule has 3 atom stereocenters. The number of rotatable bonds is 4. The van der Waals surface area contributed by atoms with Crippen molar-refractivity contribution < 1.29 is 14.6 Å². The number of carbonyl (C=O) groups excluding carboxylic acids is 1. The van der Waals surface area contributed by atoms with Crippen LogP contribution in [0.3, 0.4) is 0 Å². The average molecular weight is 431 g/mol. The largest absolute Gasteiger partial charge is 0.497 e. The van der Waals surface area contributed by atoms with Crippen LogP contribution in [-0.2, 0) is 0 Å². The maximum absolute atomic E-state index is 13.3. The number of aliphatic hydroxyl groups is 1. The molecule has 32 heavy (non-hydrogen) atoms. The van der Waals surface area contributed by atoms with Crippen LogP contribution in [0.1, 0.15) is 28.5 Å². The Balaban J connectivity index is 1.59. The van der Waals surface area contributed by atoms with Crippen molar-refractivity contribution in [3.05, 3.63) is 72.3 Å². The predicted molar refractivity (Wildman–Crippen MR) is 122 cm³/mol. The Bertz CT molecular complexity index is 1120. The van der Waals surface area contributed by atoms with Crippen LogP contribution >= 0.6 is 0 Å². The Hall–Kier alpha value is -3.45. The second-order valence-electron chi connectivity index (χ2n) is 8.35. The molecule has 0 radical (unpaired) electrons. The quantitative estimate of drug-likeness (QED) is 0.685. The summed E-state index contributed by atoms with van der Waals surface area (Å²) in [6, 6.07) is 14.2. The second kappa shape index (κ2) is 8.24. The summed E-state index contributed by atoms with van der Waals surface area (Å²) >= 11 is 0. The molecule has 0 aliphatic carbocycles. The number of ether oxygens (including phenoxy) is 1. The second-order valence-corrected chi connectivity index (χ2v) is 8.35. The van der Waals surface area contributed by atoms with Crippen molar-refractivity contribution in [1.82, 2.24) is 14.9 Å². The van der Waals surface area contributed by atoms with Crippen LogP contribution in [0.2, 0.25) is 0 Å². The fraction of sp³-hybridized carbons (Fsp3) is 0.320.